The van der Waals surface area contributed by atoms with Gasteiger partial charge >= 0.3 is 11.9 Å². The van der Waals surface area contributed by atoms with Gasteiger partial charge in [0.05, 0.1) is 12.6 Å². The molecule has 3 atom stereocenters. The first-order chi connectivity index (χ1) is 8.85. The lowest BCUT2D eigenvalue weighted by Crippen LogP contribution is -2.57. The van der Waals surface area contributed by atoms with Crippen LogP contribution in [0.3, 0.4) is 0 Å². The highest BCUT2D eigenvalue weighted by molar-refractivity contribution is 5.87. The Morgan fingerprint density at radius 2 is 2.16 bits per heavy atom. The zero-order valence-electron chi connectivity index (χ0n) is 10.5. The van der Waals surface area contributed by atoms with Crippen LogP contribution in [-0.2, 0) is 19.1 Å². The number of hydrogen-bond acceptors (Lipinski definition) is 6. The summed E-state index contributed by atoms with van der Waals surface area (Å²) in [5.74, 6) is -2.16. The minimum atomic E-state index is -1.13. The highest BCUT2D eigenvalue weighted by Crippen LogP contribution is 2.21. The van der Waals surface area contributed by atoms with Gasteiger partial charge in [0.1, 0.15) is 6.10 Å². The van der Waals surface area contributed by atoms with Crippen molar-refractivity contribution in [3.63, 3.8) is 0 Å². The molecule has 0 fully saturated rings. The van der Waals surface area contributed by atoms with Gasteiger partial charge in [-0.3, -0.25) is 9.59 Å². The number of nitrogens with two attached hydrogens (primary N) is 2. The predicted octanol–water partition coefficient (Wildman–Crippen LogP) is -1.90. The maximum atomic E-state index is 11.2. The molecule has 0 aromatic carbocycles. The number of carboxylic acids is 1. The van der Waals surface area contributed by atoms with E-state index in [9.17, 15) is 14.4 Å². The van der Waals surface area contributed by atoms with Crippen LogP contribution >= 0.6 is 0 Å². The van der Waals surface area contributed by atoms with Crippen molar-refractivity contribution in [1.82, 2.24) is 5.32 Å². The maximum absolute atomic E-state index is 11.2. The summed E-state index contributed by atoms with van der Waals surface area (Å²) in [7, 11) is 0. The molecule has 0 bridgehead atoms. The minimum Gasteiger partial charge on any atom is -0.478 e. The number of hydrogen-bond donors (Lipinski definition) is 4. The molecule has 0 saturated heterocycles. The van der Waals surface area contributed by atoms with Crippen molar-refractivity contribution in [2.75, 3.05) is 6.54 Å². The summed E-state index contributed by atoms with van der Waals surface area (Å²) in [6.45, 7) is 0.968. The molecule has 0 spiro atoms. The van der Waals surface area contributed by atoms with Crippen molar-refractivity contribution in [3.05, 3.63) is 11.6 Å². The summed E-state index contributed by atoms with van der Waals surface area (Å²) in [5.41, 5.74) is 11.0. The van der Waals surface area contributed by atoms with Gasteiger partial charge in [0, 0.05) is 25.0 Å². The third-order valence-corrected chi connectivity index (χ3v) is 2.72. The first kappa shape index (κ1) is 15.1. The molecular formula is C11H17N3O5. The molecule has 0 heterocycles. The van der Waals surface area contributed by atoms with Gasteiger partial charge in [0.25, 0.3) is 0 Å². The second-order valence-corrected chi connectivity index (χ2v) is 4.24. The third-order valence-electron chi connectivity index (χ3n) is 2.72. The number of amides is 1. The summed E-state index contributed by atoms with van der Waals surface area (Å²) in [5, 5.41) is 11.5. The third kappa shape index (κ3) is 4.04. The Hall–Kier alpha value is -1.93. The van der Waals surface area contributed by atoms with Crippen LogP contribution in [0.4, 0.5) is 0 Å². The average Bonchev–Trinajstić information content (AvgIpc) is 2.32. The summed E-state index contributed by atoms with van der Waals surface area (Å²) in [6.07, 6.45) is 0.473. The van der Waals surface area contributed by atoms with Gasteiger partial charge < -0.3 is 26.6 Å². The van der Waals surface area contributed by atoms with Gasteiger partial charge in [-0.2, -0.15) is 0 Å². The monoisotopic (exact) mass is 271 g/mol. The lowest BCUT2D eigenvalue weighted by molar-refractivity contribution is -0.151. The van der Waals surface area contributed by atoms with Crippen LogP contribution in [0.15, 0.2) is 11.6 Å². The van der Waals surface area contributed by atoms with Crippen LogP contribution in [0, 0.1) is 0 Å². The number of nitrogens with one attached hydrogen (secondary N) is 1. The molecule has 0 radical (unpaired) electrons. The van der Waals surface area contributed by atoms with Gasteiger partial charge in [-0.05, 0) is 0 Å². The lowest BCUT2D eigenvalue weighted by Gasteiger charge is -2.34. The SMILES string of the molecule is CC(=O)N[C@@H]1[C@@H](N)C=C(C(=O)O)C[C@H]1OC(=O)CN. The Kier molecular flexibility index (Phi) is 5.02. The molecule has 6 N–H and O–H groups in total. The smallest absolute Gasteiger partial charge is 0.331 e. The van der Waals surface area contributed by atoms with Crippen LogP contribution in [0.5, 0.6) is 0 Å². The van der Waals surface area contributed by atoms with Gasteiger partial charge in [0.15, 0.2) is 0 Å². The van der Waals surface area contributed by atoms with Crippen LogP contribution in [0.25, 0.3) is 0 Å². The second-order valence-electron chi connectivity index (χ2n) is 4.24. The normalized spacial score (nSPS) is 26.3. The summed E-state index contributed by atoms with van der Waals surface area (Å²) >= 11 is 0. The Labute approximate surface area is 109 Å². The van der Waals surface area contributed by atoms with Crippen molar-refractivity contribution in [2.45, 2.75) is 31.5 Å². The van der Waals surface area contributed by atoms with E-state index in [2.05, 4.69) is 5.32 Å². The van der Waals surface area contributed by atoms with Crippen molar-refractivity contribution < 1.29 is 24.2 Å². The fourth-order valence-corrected chi connectivity index (χ4v) is 1.91. The highest BCUT2D eigenvalue weighted by atomic mass is 16.5. The molecule has 8 nitrogen and oxygen atoms in total. The van der Waals surface area contributed by atoms with Crippen LogP contribution < -0.4 is 16.8 Å². The molecule has 106 valence electrons. The summed E-state index contributed by atoms with van der Waals surface area (Å²) in [6, 6.07) is -1.42. The fraction of sp³-hybridized carbons (Fsp3) is 0.545. The number of aliphatic carboxylic acids is 1. The Balaban J connectivity index is 2.93. The first-order valence-electron chi connectivity index (χ1n) is 5.71. The van der Waals surface area contributed by atoms with E-state index in [0.29, 0.717) is 0 Å². The molecule has 0 unspecified atom stereocenters. The lowest BCUT2D eigenvalue weighted by atomic mass is 9.88. The van der Waals surface area contributed by atoms with E-state index >= 15 is 0 Å². The van der Waals surface area contributed by atoms with Gasteiger partial charge in [-0.1, -0.05) is 6.08 Å². The van der Waals surface area contributed by atoms with E-state index in [4.69, 9.17) is 21.3 Å². The number of carbonyl (C=O) groups is 3. The molecule has 0 aliphatic heterocycles. The largest absolute Gasteiger partial charge is 0.478 e. The van der Waals surface area contributed by atoms with E-state index < -0.39 is 30.1 Å². The second kappa shape index (κ2) is 6.30. The van der Waals surface area contributed by atoms with Crippen molar-refractivity contribution >= 4 is 17.8 Å². The maximum Gasteiger partial charge on any atom is 0.331 e. The summed E-state index contributed by atoms with van der Waals surface area (Å²) < 4.78 is 5.04. The molecule has 0 aromatic rings. The van der Waals surface area contributed by atoms with E-state index in [1.807, 2.05) is 0 Å². The van der Waals surface area contributed by atoms with Crippen LogP contribution in [0.2, 0.25) is 0 Å². The number of ether oxygens (including phenoxy) is 1. The zero-order valence-corrected chi connectivity index (χ0v) is 10.5. The fourth-order valence-electron chi connectivity index (χ4n) is 1.91. The van der Waals surface area contributed by atoms with Crippen molar-refractivity contribution in [1.29, 1.82) is 0 Å². The number of carboxylic acid groups (broad SMARTS) is 1. The number of esters is 1. The van der Waals surface area contributed by atoms with E-state index in [1.165, 1.54) is 13.0 Å². The number of carbonyl (C=O) groups excluding carboxylic acids is 2. The van der Waals surface area contributed by atoms with Crippen LogP contribution in [-0.4, -0.2) is 47.7 Å². The molecule has 0 aromatic heterocycles. The Bertz CT molecular complexity index is 421. The first-order valence-corrected chi connectivity index (χ1v) is 5.71. The van der Waals surface area contributed by atoms with Crippen molar-refractivity contribution in [3.8, 4) is 0 Å². The van der Waals surface area contributed by atoms with Crippen molar-refractivity contribution in [2.24, 2.45) is 11.5 Å². The predicted molar refractivity (Wildman–Crippen MR) is 64.9 cm³/mol. The molecule has 8 heteroatoms. The molecule has 1 aliphatic rings. The quantitative estimate of drug-likeness (QED) is 0.437. The molecule has 1 aliphatic carbocycles. The Morgan fingerprint density at radius 3 is 2.63 bits per heavy atom. The number of rotatable bonds is 4. The molecule has 19 heavy (non-hydrogen) atoms. The molecule has 1 amide bonds. The summed E-state index contributed by atoms with van der Waals surface area (Å²) in [4.78, 5) is 33.3. The van der Waals surface area contributed by atoms with Crippen LogP contribution in [0.1, 0.15) is 13.3 Å². The minimum absolute atomic E-state index is 0.0281. The van der Waals surface area contributed by atoms with E-state index in [0.717, 1.165) is 0 Å². The standard InChI is InChI=1S/C11H17N3O5/c1-5(15)14-10-7(13)2-6(11(17)18)3-8(10)19-9(16)4-12/h2,7-8,10H,3-4,12-13H2,1H3,(H,14,15)(H,17,18)/t7-,8+,10+/m0/s1. The zero-order chi connectivity index (χ0) is 14.6. The van der Waals surface area contributed by atoms with Gasteiger partial charge in [0.2, 0.25) is 5.91 Å². The average molecular weight is 271 g/mol. The Morgan fingerprint density at radius 1 is 1.53 bits per heavy atom. The van der Waals surface area contributed by atoms with E-state index in [1.54, 1.807) is 0 Å². The van der Waals surface area contributed by atoms with Gasteiger partial charge in [-0.15, -0.1) is 0 Å². The molecule has 0 saturated carbocycles. The van der Waals surface area contributed by atoms with E-state index in [-0.39, 0.29) is 24.4 Å². The highest BCUT2D eigenvalue weighted by Gasteiger charge is 2.36. The van der Waals surface area contributed by atoms with Gasteiger partial charge in [-0.25, -0.2) is 4.79 Å². The topological polar surface area (TPSA) is 145 Å². The molecule has 1 rings (SSSR count). The molecular weight excluding hydrogens is 254 g/mol.